The summed E-state index contributed by atoms with van der Waals surface area (Å²) in [6.07, 6.45) is 10.3. The number of benzene rings is 1. The zero-order valence-electron chi connectivity index (χ0n) is 17.0. The molecule has 2 aromatic rings. The van der Waals surface area contributed by atoms with E-state index in [-0.39, 0.29) is 11.5 Å². The zero-order chi connectivity index (χ0) is 19.8. The number of hydrogen-bond acceptors (Lipinski definition) is 5. The summed E-state index contributed by atoms with van der Waals surface area (Å²) in [4.78, 5) is 16.4. The SMILES string of the molecule is CCOC(=O)c1ccc(NC23CC4CC(C2)C(C4)C3)c(NCc2ccncc2)c1. The predicted molar refractivity (Wildman–Crippen MR) is 114 cm³/mol. The van der Waals surface area contributed by atoms with Crippen molar-refractivity contribution in [2.75, 3.05) is 17.2 Å². The molecule has 1 aromatic carbocycles. The van der Waals surface area contributed by atoms with Gasteiger partial charge in [0.05, 0.1) is 23.5 Å². The van der Waals surface area contributed by atoms with Gasteiger partial charge in [-0.1, -0.05) is 0 Å². The fraction of sp³-hybridized carbons (Fsp3) is 0.500. The second-order valence-corrected chi connectivity index (χ2v) is 9.07. The molecule has 152 valence electrons. The maximum absolute atomic E-state index is 12.3. The summed E-state index contributed by atoms with van der Waals surface area (Å²) in [7, 11) is 0. The maximum Gasteiger partial charge on any atom is 0.338 e. The van der Waals surface area contributed by atoms with Crippen LogP contribution in [0.2, 0.25) is 0 Å². The molecule has 0 spiro atoms. The third-order valence-corrected chi connectivity index (χ3v) is 7.09. The molecule has 29 heavy (non-hydrogen) atoms. The summed E-state index contributed by atoms with van der Waals surface area (Å²) >= 11 is 0. The van der Waals surface area contributed by atoms with Crippen LogP contribution < -0.4 is 10.6 Å². The number of aromatic nitrogens is 1. The van der Waals surface area contributed by atoms with Gasteiger partial charge in [0.1, 0.15) is 0 Å². The van der Waals surface area contributed by atoms with Gasteiger partial charge in [-0.15, -0.1) is 0 Å². The minimum Gasteiger partial charge on any atom is -0.462 e. The van der Waals surface area contributed by atoms with E-state index < -0.39 is 0 Å². The largest absolute Gasteiger partial charge is 0.462 e. The highest BCUT2D eigenvalue weighted by atomic mass is 16.5. The Balaban J connectivity index is 1.40. The van der Waals surface area contributed by atoms with Crippen LogP contribution in [0, 0.1) is 17.8 Å². The van der Waals surface area contributed by atoms with Gasteiger partial charge in [-0.2, -0.15) is 0 Å². The third-order valence-electron chi connectivity index (χ3n) is 7.09. The normalized spacial score (nSPS) is 29.1. The van der Waals surface area contributed by atoms with E-state index in [2.05, 4.69) is 15.6 Å². The highest BCUT2D eigenvalue weighted by Crippen LogP contribution is 2.61. The Morgan fingerprint density at radius 1 is 1.10 bits per heavy atom. The van der Waals surface area contributed by atoms with E-state index in [4.69, 9.17) is 4.74 Å². The van der Waals surface area contributed by atoms with Crippen molar-refractivity contribution in [2.24, 2.45) is 17.8 Å². The number of carbonyl (C=O) groups excluding carboxylic acids is 1. The lowest BCUT2D eigenvalue weighted by molar-refractivity contribution is 0.0526. The van der Waals surface area contributed by atoms with Crippen molar-refractivity contribution < 1.29 is 9.53 Å². The first kappa shape index (κ1) is 18.5. The maximum atomic E-state index is 12.3. The molecular formula is C24H29N3O2. The van der Waals surface area contributed by atoms with Crippen molar-refractivity contribution in [3.05, 3.63) is 53.9 Å². The first-order valence-corrected chi connectivity index (χ1v) is 10.9. The van der Waals surface area contributed by atoms with Crippen molar-refractivity contribution >= 4 is 17.3 Å². The molecule has 4 bridgehead atoms. The molecule has 2 atom stereocenters. The van der Waals surface area contributed by atoms with Gasteiger partial charge in [-0.05, 0) is 92.7 Å². The van der Waals surface area contributed by atoms with Crippen LogP contribution in [0.3, 0.4) is 0 Å². The standard InChI is InChI=1S/C24H29N3O2/c1-2-29-23(28)18-3-4-21(22(11-18)26-15-16-5-7-25-8-6-16)27-24-12-17-9-19(13-24)20(10-17)14-24/h3-8,11,17,19-20,26-27H,2,9-10,12-15H2,1H3. The lowest BCUT2D eigenvalue weighted by atomic mass is 9.75. The molecule has 4 aliphatic carbocycles. The van der Waals surface area contributed by atoms with Crippen molar-refractivity contribution in [2.45, 2.75) is 51.1 Å². The van der Waals surface area contributed by atoms with Gasteiger partial charge in [0.25, 0.3) is 0 Å². The van der Waals surface area contributed by atoms with Gasteiger partial charge in [-0.3, -0.25) is 4.98 Å². The Kier molecular flexibility index (Phi) is 4.69. The van der Waals surface area contributed by atoms with Gasteiger partial charge in [-0.25, -0.2) is 4.79 Å². The molecule has 0 amide bonds. The molecule has 4 saturated carbocycles. The smallest absolute Gasteiger partial charge is 0.338 e. The summed E-state index contributed by atoms with van der Waals surface area (Å²) in [6.45, 7) is 2.90. The quantitative estimate of drug-likeness (QED) is 0.660. The van der Waals surface area contributed by atoms with Crippen LogP contribution >= 0.6 is 0 Å². The molecular weight excluding hydrogens is 362 g/mol. The second-order valence-electron chi connectivity index (χ2n) is 9.07. The highest BCUT2D eigenvalue weighted by Gasteiger charge is 2.55. The number of rotatable bonds is 7. The minimum atomic E-state index is -0.274. The monoisotopic (exact) mass is 391 g/mol. The molecule has 0 aliphatic heterocycles. The van der Waals surface area contributed by atoms with Crippen LogP contribution in [0.5, 0.6) is 0 Å². The van der Waals surface area contributed by atoms with Crippen molar-refractivity contribution in [3.8, 4) is 0 Å². The minimum absolute atomic E-state index is 0.231. The topological polar surface area (TPSA) is 63.2 Å². The molecule has 4 fully saturated rings. The number of nitrogens with zero attached hydrogens (tertiary/aromatic N) is 1. The molecule has 0 radical (unpaired) electrons. The highest BCUT2D eigenvalue weighted by molar-refractivity contribution is 5.92. The number of esters is 1. The molecule has 5 nitrogen and oxygen atoms in total. The van der Waals surface area contributed by atoms with Gasteiger partial charge in [0.15, 0.2) is 0 Å². The average molecular weight is 392 g/mol. The van der Waals surface area contributed by atoms with Crippen LogP contribution in [0.4, 0.5) is 11.4 Å². The fourth-order valence-corrected chi connectivity index (χ4v) is 6.09. The van der Waals surface area contributed by atoms with E-state index in [0.717, 1.165) is 34.7 Å². The van der Waals surface area contributed by atoms with Gasteiger partial charge >= 0.3 is 5.97 Å². The van der Waals surface area contributed by atoms with Crippen molar-refractivity contribution in [1.82, 2.24) is 4.98 Å². The van der Waals surface area contributed by atoms with E-state index in [9.17, 15) is 4.79 Å². The molecule has 2 unspecified atom stereocenters. The summed E-state index contributed by atoms with van der Waals surface area (Å²) in [5.74, 6) is 2.44. The van der Waals surface area contributed by atoms with Crippen molar-refractivity contribution in [1.29, 1.82) is 0 Å². The summed E-state index contributed by atoms with van der Waals surface area (Å²) in [5, 5.41) is 7.46. The number of ether oxygens (including phenoxy) is 1. The van der Waals surface area contributed by atoms with E-state index in [1.807, 2.05) is 37.3 Å². The zero-order valence-corrected chi connectivity index (χ0v) is 17.0. The van der Waals surface area contributed by atoms with E-state index in [1.54, 1.807) is 12.4 Å². The summed E-state index contributed by atoms with van der Waals surface area (Å²) in [5.41, 5.74) is 4.03. The summed E-state index contributed by atoms with van der Waals surface area (Å²) in [6, 6.07) is 9.86. The Labute approximate surface area is 172 Å². The number of anilines is 2. The predicted octanol–water partition coefficient (Wildman–Crippen LogP) is 4.86. The van der Waals surface area contributed by atoms with Crippen LogP contribution in [0.15, 0.2) is 42.7 Å². The van der Waals surface area contributed by atoms with Crippen LogP contribution in [-0.4, -0.2) is 23.1 Å². The van der Waals surface area contributed by atoms with Crippen LogP contribution in [-0.2, 0) is 11.3 Å². The fourth-order valence-electron chi connectivity index (χ4n) is 6.09. The summed E-state index contributed by atoms with van der Waals surface area (Å²) < 4.78 is 5.21. The Morgan fingerprint density at radius 3 is 2.55 bits per heavy atom. The molecule has 1 aromatic heterocycles. The average Bonchev–Trinajstić information content (AvgIpc) is 3.14. The molecule has 5 heteroatoms. The Bertz CT molecular complexity index is 879. The lowest BCUT2D eigenvalue weighted by Crippen LogP contribution is -2.41. The molecule has 2 N–H and O–H groups in total. The number of carbonyl (C=O) groups is 1. The molecule has 0 saturated heterocycles. The van der Waals surface area contributed by atoms with Crippen LogP contribution in [0.1, 0.15) is 54.9 Å². The molecule has 4 aliphatic rings. The van der Waals surface area contributed by atoms with E-state index >= 15 is 0 Å². The second kappa shape index (κ2) is 7.36. The first-order valence-electron chi connectivity index (χ1n) is 10.9. The lowest BCUT2D eigenvalue weighted by Gasteiger charge is -2.40. The number of hydrogen-bond donors (Lipinski definition) is 2. The number of pyridine rings is 1. The Hall–Kier alpha value is -2.56. The number of nitrogens with one attached hydrogen (secondary N) is 2. The van der Waals surface area contributed by atoms with E-state index in [0.29, 0.717) is 18.7 Å². The van der Waals surface area contributed by atoms with Gasteiger partial charge in [0, 0.05) is 24.5 Å². The molecule has 6 rings (SSSR count). The van der Waals surface area contributed by atoms with Gasteiger partial charge in [0.2, 0.25) is 0 Å². The molecule has 1 heterocycles. The Morgan fingerprint density at radius 2 is 1.86 bits per heavy atom. The van der Waals surface area contributed by atoms with E-state index in [1.165, 1.54) is 32.1 Å². The van der Waals surface area contributed by atoms with Crippen molar-refractivity contribution in [3.63, 3.8) is 0 Å². The van der Waals surface area contributed by atoms with Gasteiger partial charge < -0.3 is 15.4 Å². The first-order chi connectivity index (χ1) is 14.1. The third kappa shape index (κ3) is 3.59. The van der Waals surface area contributed by atoms with Crippen LogP contribution in [0.25, 0.3) is 0 Å².